The van der Waals surface area contributed by atoms with Gasteiger partial charge >= 0.3 is 0 Å². The van der Waals surface area contributed by atoms with E-state index in [2.05, 4.69) is 0 Å². The molecule has 0 aliphatic heterocycles. The van der Waals surface area contributed by atoms with Crippen LogP contribution >= 0.6 is 0 Å². The molecule has 0 bridgehead atoms. The van der Waals surface area contributed by atoms with Gasteiger partial charge in [-0.1, -0.05) is 13.3 Å². The number of rotatable bonds is 5. The van der Waals surface area contributed by atoms with E-state index in [0.29, 0.717) is 0 Å². The van der Waals surface area contributed by atoms with Crippen molar-refractivity contribution >= 4 is 11.9 Å². The molecule has 0 saturated carbocycles. The Morgan fingerprint density at radius 3 is 2.14 bits per heavy atom. The summed E-state index contributed by atoms with van der Waals surface area (Å²) in [5.74, 6) is -6.48. The molecule has 0 saturated heterocycles. The van der Waals surface area contributed by atoms with Gasteiger partial charge in [-0.25, -0.2) is 0 Å². The maximum atomic E-state index is 10.4. The van der Waals surface area contributed by atoms with Gasteiger partial charge in [0.15, 0.2) is 5.79 Å². The molecular weight excluding hydrogens is 192 g/mol. The molecule has 0 amide bonds. The van der Waals surface area contributed by atoms with E-state index in [9.17, 15) is 19.8 Å². The first-order chi connectivity index (χ1) is 6.31. The van der Waals surface area contributed by atoms with Crippen molar-refractivity contribution in [2.45, 2.75) is 25.6 Å². The highest BCUT2D eigenvalue weighted by Crippen LogP contribution is 2.18. The lowest BCUT2D eigenvalue weighted by Gasteiger charge is -2.25. The number of aliphatic carboxylic acids is 2. The summed E-state index contributed by atoms with van der Waals surface area (Å²) in [5.41, 5.74) is -1.11. The van der Waals surface area contributed by atoms with Gasteiger partial charge in [0, 0.05) is 12.0 Å². The largest absolute Gasteiger partial charge is 0.545 e. The molecular formula is C8H10O6-2. The van der Waals surface area contributed by atoms with Gasteiger partial charge in [-0.3, -0.25) is 0 Å². The smallest absolute Gasteiger partial charge is 0.191 e. The highest BCUT2D eigenvalue weighted by molar-refractivity contribution is 5.94. The Labute approximate surface area is 80.1 Å². The first-order valence-corrected chi connectivity index (χ1v) is 3.90. The number of carbonyl (C=O) groups is 2. The van der Waals surface area contributed by atoms with Gasteiger partial charge in [0.1, 0.15) is 0 Å². The topological polar surface area (TPSA) is 121 Å². The predicted molar refractivity (Wildman–Crippen MR) is 40.2 cm³/mol. The Kier molecular flexibility index (Phi) is 4.26. The van der Waals surface area contributed by atoms with Crippen LogP contribution in [-0.2, 0) is 9.59 Å². The van der Waals surface area contributed by atoms with Crippen LogP contribution in [0.15, 0.2) is 11.6 Å². The van der Waals surface area contributed by atoms with Crippen LogP contribution < -0.4 is 10.2 Å². The third-order valence-electron chi connectivity index (χ3n) is 1.51. The molecule has 14 heavy (non-hydrogen) atoms. The lowest BCUT2D eigenvalue weighted by atomic mass is 10.0. The van der Waals surface area contributed by atoms with Crippen LogP contribution in [0.2, 0.25) is 0 Å². The molecule has 0 aromatic heterocycles. The summed E-state index contributed by atoms with van der Waals surface area (Å²) in [6.07, 6.45) is 0.0652. The number of hydrogen-bond acceptors (Lipinski definition) is 6. The molecule has 0 unspecified atom stereocenters. The van der Waals surface area contributed by atoms with Crippen molar-refractivity contribution in [1.29, 1.82) is 0 Å². The van der Waals surface area contributed by atoms with Crippen LogP contribution in [-0.4, -0.2) is 27.9 Å². The molecule has 80 valence electrons. The second-order valence-electron chi connectivity index (χ2n) is 2.73. The summed E-state index contributed by atoms with van der Waals surface area (Å²) in [5, 5.41) is 38.8. The van der Waals surface area contributed by atoms with Crippen LogP contribution in [0.1, 0.15) is 19.8 Å². The SMILES string of the molecule is CCCC(O)(O)/C(=C/C(=O)[O-])C(=O)[O-]. The Hall–Kier alpha value is -1.40. The Morgan fingerprint density at radius 2 is 1.86 bits per heavy atom. The van der Waals surface area contributed by atoms with E-state index in [1.165, 1.54) is 0 Å². The van der Waals surface area contributed by atoms with Crippen LogP contribution in [0.25, 0.3) is 0 Å². The number of carbonyl (C=O) groups excluding carboxylic acids is 2. The summed E-state index contributed by atoms with van der Waals surface area (Å²) in [6, 6.07) is 0. The van der Waals surface area contributed by atoms with E-state index in [-0.39, 0.29) is 18.9 Å². The molecule has 0 atom stereocenters. The van der Waals surface area contributed by atoms with Gasteiger partial charge in [0.2, 0.25) is 0 Å². The van der Waals surface area contributed by atoms with Crippen molar-refractivity contribution < 1.29 is 30.0 Å². The van der Waals surface area contributed by atoms with Crippen molar-refractivity contribution in [2.75, 3.05) is 0 Å². The van der Waals surface area contributed by atoms with Crippen LogP contribution in [0.3, 0.4) is 0 Å². The van der Waals surface area contributed by atoms with E-state index in [4.69, 9.17) is 10.2 Å². The minimum absolute atomic E-state index is 0.102. The van der Waals surface area contributed by atoms with Gasteiger partial charge < -0.3 is 30.0 Å². The predicted octanol–water partition coefficient (Wildman–Crippen LogP) is -3.11. The zero-order valence-corrected chi connectivity index (χ0v) is 7.52. The molecule has 0 aliphatic carbocycles. The van der Waals surface area contributed by atoms with Crippen molar-refractivity contribution in [3.8, 4) is 0 Å². The first kappa shape index (κ1) is 12.6. The third-order valence-corrected chi connectivity index (χ3v) is 1.51. The summed E-state index contributed by atoms with van der Waals surface area (Å²) in [6.45, 7) is 1.58. The summed E-state index contributed by atoms with van der Waals surface area (Å²) in [7, 11) is 0. The molecule has 0 radical (unpaired) electrons. The highest BCUT2D eigenvalue weighted by atomic mass is 16.5. The molecule has 0 heterocycles. The summed E-state index contributed by atoms with van der Waals surface area (Å²) >= 11 is 0. The number of aliphatic hydroxyl groups is 2. The van der Waals surface area contributed by atoms with Gasteiger partial charge in [0.05, 0.1) is 11.9 Å². The lowest BCUT2D eigenvalue weighted by Crippen LogP contribution is -2.42. The zero-order valence-electron chi connectivity index (χ0n) is 7.52. The van der Waals surface area contributed by atoms with E-state index in [1.807, 2.05) is 0 Å². The minimum atomic E-state index is -2.70. The van der Waals surface area contributed by atoms with Crippen LogP contribution in [0.5, 0.6) is 0 Å². The Bertz CT molecular complexity index is 265. The maximum Gasteiger partial charge on any atom is 0.191 e. The summed E-state index contributed by atoms with van der Waals surface area (Å²) in [4.78, 5) is 20.4. The third kappa shape index (κ3) is 3.55. The molecule has 0 aromatic carbocycles. The molecule has 0 spiro atoms. The van der Waals surface area contributed by atoms with Crippen molar-refractivity contribution in [3.63, 3.8) is 0 Å². The second kappa shape index (κ2) is 4.73. The number of carboxylic acids is 2. The average molecular weight is 202 g/mol. The van der Waals surface area contributed by atoms with Gasteiger partial charge in [-0.15, -0.1) is 0 Å². The molecule has 0 aromatic rings. The lowest BCUT2D eigenvalue weighted by molar-refractivity contribution is -0.307. The van der Waals surface area contributed by atoms with Gasteiger partial charge in [0.25, 0.3) is 0 Å². The maximum absolute atomic E-state index is 10.4. The normalized spacial score (nSPS) is 12.6. The van der Waals surface area contributed by atoms with Gasteiger partial charge in [-0.05, 0) is 6.08 Å². The van der Waals surface area contributed by atoms with E-state index in [1.54, 1.807) is 6.92 Å². The molecule has 0 rings (SSSR count). The molecule has 2 N–H and O–H groups in total. The van der Waals surface area contributed by atoms with Crippen molar-refractivity contribution in [3.05, 3.63) is 11.6 Å². The van der Waals surface area contributed by atoms with Gasteiger partial charge in [-0.2, -0.15) is 0 Å². The fraction of sp³-hybridized carbons (Fsp3) is 0.500. The fourth-order valence-corrected chi connectivity index (χ4v) is 0.939. The standard InChI is InChI=1S/C8H12O6/c1-2-3-8(13,14)5(7(11)12)4-6(9)10/h4,13-14H,2-3H2,1H3,(H,9,10)(H,11,12)/p-2/b5-4+. The molecule has 0 fully saturated rings. The minimum Gasteiger partial charge on any atom is -0.545 e. The van der Waals surface area contributed by atoms with Crippen LogP contribution in [0.4, 0.5) is 0 Å². The zero-order chi connectivity index (χ0) is 11.4. The van der Waals surface area contributed by atoms with Crippen LogP contribution in [0, 0.1) is 0 Å². The first-order valence-electron chi connectivity index (χ1n) is 3.90. The van der Waals surface area contributed by atoms with E-state index < -0.39 is 23.3 Å². The van der Waals surface area contributed by atoms with E-state index >= 15 is 0 Å². The molecule has 0 aliphatic rings. The summed E-state index contributed by atoms with van der Waals surface area (Å²) < 4.78 is 0. The quantitative estimate of drug-likeness (QED) is 0.359. The Morgan fingerprint density at radius 1 is 1.36 bits per heavy atom. The van der Waals surface area contributed by atoms with E-state index in [0.717, 1.165) is 0 Å². The Balaban J connectivity index is 5.01. The highest BCUT2D eigenvalue weighted by Gasteiger charge is 2.28. The average Bonchev–Trinajstić information content (AvgIpc) is 1.99. The number of hydrogen-bond donors (Lipinski definition) is 2. The second-order valence-corrected chi connectivity index (χ2v) is 2.73. The fourth-order valence-electron chi connectivity index (χ4n) is 0.939. The molecule has 6 heteroatoms. The number of carboxylic acid groups (broad SMARTS) is 2. The van der Waals surface area contributed by atoms with Crippen molar-refractivity contribution in [2.24, 2.45) is 0 Å². The monoisotopic (exact) mass is 202 g/mol. The molecule has 6 nitrogen and oxygen atoms in total. The van der Waals surface area contributed by atoms with Crippen molar-refractivity contribution in [1.82, 2.24) is 0 Å².